The minimum absolute atomic E-state index is 0.00692. The lowest BCUT2D eigenvalue weighted by atomic mass is 10.0. The van der Waals surface area contributed by atoms with Gasteiger partial charge in [-0.2, -0.15) is 0 Å². The minimum atomic E-state index is -0.00692. The monoisotopic (exact) mass is 308 g/mol. The lowest BCUT2D eigenvalue weighted by molar-refractivity contribution is 0.0992. The number of ether oxygens (including phenoxy) is 1. The van der Waals surface area contributed by atoms with E-state index in [9.17, 15) is 4.79 Å². The Kier molecular flexibility index (Phi) is 4.69. The van der Waals surface area contributed by atoms with E-state index in [2.05, 4.69) is 0 Å². The van der Waals surface area contributed by atoms with Gasteiger partial charge in [0.25, 0.3) is 0 Å². The fourth-order valence-corrected chi connectivity index (χ4v) is 2.41. The number of ketones is 1. The molecule has 0 aliphatic carbocycles. The van der Waals surface area contributed by atoms with Crippen molar-refractivity contribution in [2.45, 2.75) is 13.3 Å². The van der Waals surface area contributed by atoms with Crippen LogP contribution in [0.1, 0.15) is 21.5 Å². The highest BCUT2D eigenvalue weighted by Gasteiger charge is 2.12. The summed E-state index contributed by atoms with van der Waals surface area (Å²) in [7, 11) is 1.59. The second kappa shape index (κ2) is 6.29. The molecule has 4 heteroatoms. The van der Waals surface area contributed by atoms with Gasteiger partial charge in [0.05, 0.1) is 7.11 Å². The van der Waals surface area contributed by atoms with Crippen LogP contribution in [0.25, 0.3) is 0 Å². The third-order valence-electron chi connectivity index (χ3n) is 3.10. The highest BCUT2D eigenvalue weighted by molar-refractivity contribution is 6.35. The van der Waals surface area contributed by atoms with Crippen molar-refractivity contribution in [2.75, 3.05) is 7.11 Å². The molecule has 0 aliphatic rings. The average molecular weight is 309 g/mol. The summed E-state index contributed by atoms with van der Waals surface area (Å²) in [6, 6.07) is 10.6. The lowest BCUT2D eigenvalue weighted by Gasteiger charge is -2.08. The van der Waals surface area contributed by atoms with Crippen LogP contribution in [-0.4, -0.2) is 12.9 Å². The first-order valence-corrected chi connectivity index (χ1v) is 6.88. The second-order valence-electron chi connectivity index (χ2n) is 4.52. The summed E-state index contributed by atoms with van der Waals surface area (Å²) in [5.74, 6) is 0.700. The first kappa shape index (κ1) is 14.9. The summed E-state index contributed by atoms with van der Waals surface area (Å²) in [6.45, 7) is 1.93. The van der Waals surface area contributed by atoms with Gasteiger partial charge in [-0.3, -0.25) is 4.79 Å². The normalized spacial score (nSPS) is 10.4. The number of carbonyl (C=O) groups is 1. The molecular formula is C16H14Cl2O2. The van der Waals surface area contributed by atoms with Gasteiger partial charge in [-0.15, -0.1) is 0 Å². The van der Waals surface area contributed by atoms with Crippen molar-refractivity contribution in [1.29, 1.82) is 0 Å². The molecule has 2 aromatic carbocycles. The van der Waals surface area contributed by atoms with Crippen molar-refractivity contribution < 1.29 is 9.53 Å². The first-order chi connectivity index (χ1) is 9.51. The van der Waals surface area contributed by atoms with Gasteiger partial charge in [0.2, 0.25) is 0 Å². The number of Topliss-reactive ketones (excluding diaryl/α,β-unsaturated/α-hetero) is 1. The van der Waals surface area contributed by atoms with Crippen molar-refractivity contribution in [3.05, 3.63) is 63.1 Å². The largest absolute Gasteiger partial charge is 0.496 e. The van der Waals surface area contributed by atoms with Gasteiger partial charge in [0, 0.05) is 22.0 Å². The average Bonchev–Trinajstić information content (AvgIpc) is 2.42. The zero-order chi connectivity index (χ0) is 14.7. The van der Waals surface area contributed by atoms with Gasteiger partial charge in [0.15, 0.2) is 5.78 Å². The number of hydrogen-bond acceptors (Lipinski definition) is 2. The summed E-state index contributed by atoms with van der Waals surface area (Å²) in [5.41, 5.74) is 2.37. The van der Waals surface area contributed by atoms with Crippen LogP contribution in [0.3, 0.4) is 0 Å². The Balaban J connectivity index is 2.24. The van der Waals surface area contributed by atoms with E-state index >= 15 is 0 Å². The van der Waals surface area contributed by atoms with Crippen molar-refractivity contribution in [3.63, 3.8) is 0 Å². The minimum Gasteiger partial charge on any atom is -0.496 e. The standard InChI is InChI=1S/C16H14Cl2O2/c1-10-3-4-12(8-16(10)20-2)15(19)7-11-5-6-13(17)9-14(11)18/h3-6,8-9H,7H2,1-2H3. The maximum Gasteiger partial charge on any atom is 0.167 e. The maximum atomic E-state index is 12.3. The van der Waals surface area contributed by atoms with Crippen LogP contribution in [0.2, 0.25) is 10.0 Å². The fourth-order valence-electron chi connectivity index (χ4n) is 1.93. The fraction of sp³-hybridized carbons (Fsp3) is 0.188. The molecule has 0 radical (unpaired) electrons. The summed E-state index contributed by atoms with van der Waals surface area (Å²) >= 11 is 11.9. The molecule has 2 nitrogen and oxygen atoms in total. The molecule has 104 valence electrons. The van der Waals surface area contributed by atoms with E-state index in [1.807, 2.05) is 13.0 Å². The van der Waals surface area contributed by atoms with Gasteiger partial charge in [-0.05, 0) is 36.2 Å². The second-order valence-corrected chi connectivity index (χ2v) is 5.36. The predicted molar refractivity (Wildman–Crippen MR) is 82.2 cm³/mol. The number of methoxy groups -OCH3 is 1. The molecule has 0 saturated carbocycles. The topological polar surface area (TPSA) is 26.3 Å². The molecule has 0 fully saturated rings. The van der Waals surface area contributed by atoms with Crippen LogP contribution in [0.15, 0.2) is 36.4 Å². The van der Waals surface area contributed by atoms with E-state index in [1.165, 1.54) is 0 Å². The van der Waals surface area contributed by atoms with Crippen LogP contribution in [0.4, 0.5) is 0 Å². The number of halogens is 2. The van der Waals surface area contributed by atoms with Crippen LogP contribution < -0.4 is 4.74 Å². The van der Waals surface area contributed by atoms with E-state index in [-0.39, 0.29) is 12.2 Å². The smallest absolute Gasteiger partial charge is 0.167 e. The zero-order valence-corrected chi connectivity index (χ0v) is 12.8. The van der Waals surface area contributed by atoms with E-state index in [4.69, 9.17) is 27.9 Å². The first-order valence-electron chi connectivity index (χ1n) is 6.13. The van der Waals surface area contributed by atoms with Crippen molar-refractivity contribution >= 4 is 29.0 Å². The van der Waals surface area contributed by atoms with Gasteiger partial charge in [-0.1, -0.05) is 41.4 Å². The molecule has 2 aromatic rings. The molecule has 0 aliphatic heterocycles. The van der Waals surface area contributed by atoms with Crippen molar-refractivity contribution in [1.82, 2.24) is 0 Å². The summed E-state index contributed by atoms with van der Waals surface area (Å²) in [6.07, 6.45) is 0.238. The van der Waals surface area contributed by atoms with Crippen LogP contribution in [0, 0.1) is 6.92 Å². The molecule has 0 bridgehead atoms. The van der Waals surface area contributed by atoms with Crippen LogP contribution in [0.5, 0.6) is 5.75 Å². The summed E-state index contributed by atoms with van der Waals surface area (Å²) < 4.78 is 5.23. The molecule has 0 spiro atoms. The van der Waals surface area contributed by atoms with Crippen molar-refractivity contribution in [2.24, 2.45) is 0 Å². The Labute approximate surface area is 128 Å². The molecule has 0 unspecified atom stereocenters. The van der Waals surface area contributed by atoms with Crippen LogP contribution >= 0.6 is 23.2 Å². The van der Waals surface area contributed by atoms with E-state index < -0.39 is 0 Å². The van der Waals surface area contributed by atoms with E-state index in [0.717, 1.165) is 11.1 Å². The Morgan fingerprint density at radius 2 is 1.90 bits per heavy atom. The molecule has 0 saturated heterocycles. The molecule has 2 rings (SSSR count). The number of carbonyl (C=O) groups excluding carboxylic acids is 1. The molecule has 0 heterocycles. The summed E-state index contributed by atoms with van der Waals surface area (Å²) in [4.78, 5) is 12.3. The van der Waals surface area contributed by atoms with Gasteiger partial charge >= 0.3 is 0 Å². The Morgan fingerprint density at radius 3 is 2.55 bits per heavy atom. The number of benzene rings is 2. The molecule has 0 atom stereocenters. The van der Waals surface area contributed by atoms with Gasteiger partial charge in [-0.25, -0.2) is 0 Å². The number of rotatable bonds is 4. The summed E-state index contributed by atoms with van der Waals surface area (Å²) in [5, 5.41) is 1.06. The number of aryl methyl sites for hydroxylation is 1. The van der Waals surface area contributed by atoms with Crippen LogP contribution in [-0.2, 0) is 6.42 Å². The highest BCUT2D eigenvalue weighted by Crippen LogP contribution is 2.24. The van der Waals surface area contributed by atoms with Gasteiger partial charge < -0.3 is 4.74 Å². The Morgan fingerprint density at radius 1 is 1.15 bits per heavy atom. The lowest BCUT2D eigenvalue weighted by Crippen LogP contribution is -2.04. The molecular weight excluding hydrogens is 295 g/mol. The maximum absolute atomic E-state index is 12.3. The molecule has 0 N–H and O–H groups in total. The van der Waals surface area contributed by atoms with E-state index in [1.54, 1.807) is 37.4 Å². The van der Waals surface area contributed by atoms with E-state index in [0.29, 0.717) is 21.4 Å². The molecule has 0 amide bonds. The SMILES string of the molecule is COc1cc(C(=O)Cc2ccc(Cl)cc2Cl)ccc1C. The predicted octanol–water partition coefficient (Wildman–Crippen LogP) is 4.74. The number of hydrogen-bond donors (Lipinski definition) is 0. The quantitative estimate of drug-likeness (QED) is 0.763. The van der Waals surface area contributed by atoms with Crippen molar-refractivity contribution in [3.8, 4) is 5.75 Å². The third kappa shape index (κ3) is 3.33. The Bertz CT molecular complexity index is 651. The van der Waals surface area contributed by atoms with Gasteiger partial charge in [0.1, 0.15) is 5.75 Å². The Hall–Kier alpha value is -1.51. The highest BCUT2D eigenvalue weighted by atomic mass is 35.5. The third-order valence-corrected chi connectivity index (χ3v) is 3.68. The molecule has 20 heavy (non-hydrogen) atoms. The zero-order valence-electron chi connectivity index (χ0n) is 11.2. The molecule has 0 aromatic heterocycles.